The van der Waals surface area contributed by atoms with Crippen molar-refractivity contribution in [2.45, 2.75) is 57.7 Å². The van der Waals surface area contributed by atoms with Crippen LogP contribution in [-0.4, -0.2) is 76.4 Å². The fourth-order valence-electron chi connectivity index (χ4n) is 3.22. The van der Waals surface area contributed by atoms with Gasteiger partial charge in [-0.15, -0.1) is 0 Å². The molecule has 2 heterocycles. The van der Waals surface area contributed by atoms with Crippen LogP contribution in [0, 0.1) is 0 Å². The second kappa shape index (κ2) is 8.08. The van der Waals surface area contributed by atoms with Gasteiger partial charge in [-0.1, -0.05) is 0 Å². The molecule has 2 aliphatic heterocycles. The van der Waals surface area contributed by atoms with Crippen molar-refractivity contribution in [1.29, 1.82) is 0 Å². The summed E-state index contributed by atoms with van der Waals surface area (Å²) in [5.41, 5.74) is -1.14. The van der Waals surface area contributed by atoms with Crippen LogP contribution in [-0.2, 0) is 4.74 Å². The molecular weight excluding hydrogens is 312 g/mol. The van der Waals surface area contributed by atoms with Crippen molar-refractivity contribution in [2.75, 3.05) is 44.2 Å². The van der Waals surface area contributed by atoms with Gasteiger partial charge in [0.2, 0.25) is 0 Å². The Kier molecular flexibility index (Phi) is 6.63. The monoisotopic (exact) mass is 344 g/mol. The largest absolute Gasteiger partial charge is 0.444 e. The minimum atomic E-state index is -0.675. The molecule has 0 aliphatic carbocycles. The average molecular weight is 345 g/mol. The molecule has 6 heteroatoms. The van der Waals surface area contributed by atoms with Crippen LogP contribution in [0.4, 0.5) is 4.79 Å². The number of nitrogens with zero attached hydrogens (tertiary/aromatic N) is 2. The molecule has 2 saturated heterocycles. The Balaban J connectivity index is 1.87. The smallest absolute Gasteiger partial charge is 0.410 e. The Morgan fingerprint density at radius 2 is 1.91 bits per heavy atom. The molecule has 5 nitrogen and oxygen atoms in total. The molecule has 0 aromatic rings. The van der Waals surface area contributed by atoms with Gasteiger partial charge in [0.15, 0.2) is 0 Å². The summed E-state index contributed by atoms with van der Waals surface area (Å²) < 4.78 is 5.46. The van der Waals surface area contributed by atoms with E-state index in [9.17, 15) is 9.90 Å². The van der Waals surface area contributed by atoms with E-state index in [1.165, 1.54) is 12.2 Å². The zero-order valence-corrected chi connectivity index (χ0v) is 15.7. The molecule has 1 unspecified atom stereocenters. The molecule has 0 bridgehead atoms. The van der Waals surface area contributed by atoms with Crippen molar-refractivity contribution in [3.05, 3.63) is 0 Å². The van der Waals surface area contributed by atoms with Gasteiger partial charge < -0.3 is 14.7 Å². The fourth-order valence-corrected chi connectivity index (χ4v) is 4.14. The molecule has 1 atom stereocenters. The predicted molar refractivity (Wildman–Crippen MR) is 95.0 cm³/mol. The van der Waals surface area contributed by atoms with E-state index in [-0.39, 0.29) is 6.09 Å². The molecule has 2 rings (SSSR count). The van der Waals surface area contributed by atoms with E-state index in [4.69, 9.17) is 4.74 Å². The summed E-state index contributed by atoms with van der Waals surface area (Å²) in [6.45, 7) is 9.77. The fraction of sp³-hybridized carbons (Fsp3) is 0.941. The summed E-state index contributed by atoms with van der Waals surface area (Å²) in [5.74, 6) is 2.38. The van der Waals surface area contributed by atoms with Gasteiger partial charge in [-0.2, -0.15) is 11.8 Å². The third-order valence-corrected chi connectivity index (χ3v) is 5.45. The number of ether oxygens (including phenoxy) is 1. The van der Waals surface area contributed by atoms with Crippen LogP contribution >= 0.6 is 11.8 Å². The molecule has 2 fully saturated rings. The molecule has 2 aliphatic rings. The van der Waals surface area contributed by atoms with Crippen LogP contribution in [0.3, 0.4) is 0 Å². The molecule has 1 N–H and O–H groups in total. The van der Waals surface area contributed by atoms with Crippen molar-refractivity contribution >= 4 is 17.9 Å². The number of carbonyl (C=O) groups excluding carboxylic acids is 1. The summed E-state index contributed by atoms with van der Waals surface area (Å²) in [5, 5.41) is 11.0. The Morgan fingerprint density at radius 3 is 2.65 bits per heavy atom. The molecule has 1 amide bonds. The van der Waals surface area contributed by atoms with Crippen molar-refractivity contribution in [3.8, 4) is 0 Å². The van der Waals surface area contributed by atoms with Crippen molar-refractivity contribution in [2.24, 2.45) is 0 Å². The van der Waals surface area contributed by atoms with Gasteiger partial charge in [0.05, 0.1) is 5.60 Å². The first-order chi connectivity index (χ1) is 10.8. The van der Waals surface area contributed by atoms with E-state index < -0.39 is 11.2 Å². The van der Waals surface area contributed by atoms with E-state index in [1.54, 1.807) is 4.90 Å². The first-order valence-electron chi connectivity index (χ1n) is 8.78. The van der Waals surface area contributed by atoms with Gasteiger partial charge in [-0.3, -0.25) is 4.90 Å². The van der Waals surface area contributed by atoms with Crippen molar-refractivity contribution in [3.63, 3.8) is 0 Å². The number of β-amino-alcohol motifs (C(OH)–C–C–N with tert-alkyl or cyclic N) is 1. The second-order valence-electron chi connectivity index (χ2n) is 7.79. The average Bonchev–Trinajstić information content (AvgIpc) is 2.78. The van der Waals surface area contributed by atoms with Crippen molar-refractivity contribution < 1.29 is 14.6 Å². The normalized spacial score (nSPS) is 28.1. The molecule has 0 radical (unpaired) electrons. The summed E-state index contributed by atoms with van der Waals surface area (Å²) in [6.07, 6.45) is 3.17. The lowest BCUT2D eigenvalue weighted by atomic mass is 9.94. The van der Waals surface area contributed by atoms with Crippen LogP contribution in [0.2, 0.25) is 0 Å². The number of aliphatic hydroxyl groups is 1. The van der Waals surface area contributed by atoms with Gasteiger partial charge in [0.25, 0.3) is 0 Å². The molecule has 0 aromatic carbocycles. The van der Waals surface area contributed by atoms with Crippen LogP contribution in [0.1, 0.15) is 46.5 Å². The zero-order valence-electron chi connectivity index (χ0n) is 14.8. The van der Waals surface area contributed by atoms with E-state index in [0.717, 1.165) is 38.2 Å². The topological polar surface area (TPSA) is 53.0 Å². The standard InChI is InChI=1S/C17H32N2O3S/c1-16(2,3)22-15(20)19-9-4-6-17(21,7-10-19)14-18-8-5-12-23-13-11-18/h21H,4-14H2,1-3H3. The van der Waals surface area contributed by atoms with Gasteiger partial charge in [-0.05, 0) is 58.8 Å². The summed E-state index contributed by atoms with van der Waals surface area (Å²) in [7, 11) is 0. The molecule has 23 heavy (non-hydrogen) atoms. The summed E-state index contributed by atoms with van der Waals surface area (Å²) in [4.78, 5) is 16.4. The zero-order chi connectivity index (χ0) is 16.9. The maximum absolute atomic E-state index is 12.2. The molecule has 0 aromatic heterocycles. The molecular formula is C17H32N2O3S. The predicted octanol–water partition coefficient (Wildman–Crippen LogP) is 2.58. The van der Waals surface area contributed by atoms with Crippen molar-refractivity contribution in [1.82, 2.24) is 9.80 Å². The number of amides is 1. The second-order valence-corrected chi connectivity index (χ2v) is 9.01. The summed E-state index contributed by atoms with van der Waals surface area (Å²) >= 11 is 2.00. The maximum Gasteiger partial charge on any atom is 0.410 e. The number of likely N-dealkylation sites (tertiary alicyclic amines) is 1. The lowest BCUT2D eigenvalue weighted by Crippen LogP contribution is -2.45. The van der Waals surface area contributed by atoms with Crippen LogP contribution in [0.5, 0.6) is 0 Å². The minimum absolute atomic E-state index is 0.257. The number of carbonyl (C=O) groups is 1. The Bertz CT molecular complexity index is 392. The highest BCUT2D eigenvalue weighted by Crippen LogP contribution is 2.25. The Morgan fingerprint density at radius 1 is 1.13 bits per heavy atom. The number of thioether (sulfide) groups is 1. The third-order valence-electron chi connectivity index (χ3n) is 4.40. The Labute approximate surface area is 144 Å². The van der Waals surface area contributed by atoms with E-state index in [2.05, 4.69) is 4.90 Å². The SMILES string of the molecule is CC(C)(C)OC(=O)N1CCCC(O)(CN2CCCSCC2)CC1. The quantitative estimate of drug-likeness (QED) is 0.834. The summed E-state index contributed by atoms with van der Waals surface area (Å²) in [6, 6.07) is 0. The Hall–Kier alpha value is -0.460. The van der Waals surface area contributed by atoms with Gasteiger partial charge in [0.1, 0.15) is 5.60 Å². The van der Waals surface area contributed by atoms with Crippen LogP contribution in [0.25, 0.3) is 0 Å². The van der Waals surface area contributed by atoms with E-state index in [1.807, 2.05) is 32.5 Å². The number of hydrogen-bond acceptors (Lipinski definition) is 5. The van der Waals surface area contributed by atoms with E-state index in [0.29, 0.717) is 19.5 Å². The van der Waals surface area contributed by atoms with Gasteiger partial charge in [-0.25, -0.2) is 4.79 Å². The van der Waals surface area contributed by atoms with Gasteiger partial charge in [0, 0.05) is 31.9 Å². The lowest BCUT2D eigenvalue weighted by molar-refractivity contribution is -0.00875. The third kappa shape index (κ3) is 6.51. The first-order valence-corrected chi connectivity index (χ1v) is 9.93. The molecule has 0 spiro atoms. The molecule has 134 valence electrons. The van der Waals surface area contributed by atoms with E-state index >= 15 is 0 Å². The lowest BCUT2D eigenvalue weighted by Gasteiger charge is -2.33. The highest BCUT2D eigenvalue weighted by Gasteiger charge is 2.34. The highest BCUT2D eigenvalue weighted by atomic mass is 32.2. The van der Waals surface area contributed by atoms with Crippen LogP contribution in [0.15, 0.2) is 0 Å². The first kappa shape index (κ1) is 18.9. The highest BCUT2D eigenvalue weighted by molar-refractivity contribution is 7.99. The maximum atomic E-state index is 12.2. The van der Waals surface area contributed by atoms with Crippen LogP contribution < -0.4 is 0 Å². The van der Waals surface area contributed by atoms with Gasteiger partial charge >= 0.3 is 6.09 Å². The molecule has 0 saturated carbocycles. The minimum Gasteiger partial charge on any atom is -0.444 e. The number of hydrogen-bond donors (Lipinski definition) is 1. The number of rotatable bonds is 2.